The van der Waals surface area contributed by atoms with Crippen LogP contribution in [-0.4, -0.2) is 36.9 Å². The SMILES string of the molecule is CC.CPCCCNCc1ccc(OCCCC(c2cccc(F)c2)c2ccc(C)c(C)c2)cc1.O.O.[HH]. The molecule has 0 heterocycles. The van der Waals surface area contributed by atoms with Crippen LogP contribution in [0.2, 0.25) is 0 Å². The summed E-state index contributed by atoms with van der Waals surface area (Å²) in [6.07, 6.45) is 4.36. The van der Waals surface area contributed by atoms with E-state index in [2.05, 4.69) is 68.3 Å². The molecule has 3 rings (SSSR count). The maximum atomic E-state index is 13.9. The third-order valence-electron chi connectivity index (χ3n) is 6.12. The van der Waals surface area contributed by atoms with Crippen LogP contribution in [0.1, 0.15) is 68.3 Å². The van der Waals surface area contributed by atoms with Crippen molar-refractivity contribution >= 4 is 8.58 Å². The molecule has 0 aromatic heterocycles. The van der Waals surface area contributed by atoms with Gasteiger partial charge in [0.2, 0.25) is 0 Å². The highest BCUT2D eigenvalue weighted by Crippen LogP contribution is 2.31. The van der Waals surface area contributed by atoms with Gasteiger partial charge in [0.05, 0.1) is 6.61 Å². The van der Waals surface area contributed by atoms with Gasteiger partial charge in [0.1, 0.15) is 11.6 Å². The highest BCUT2D eigenvalue weighted by Gasteiger charge is 2.15. The Morgan fingerprint density at radius 1 is 0.892 bits per heavy atom. The molecule has 0 aliphatic carbocycles. The average Bonchev–Trinajstić information content (AvgIpc) is 2.88. The topological polar surface area (TPSA) is 84.3 Å². The lowest BCUT2D eigenvalue weighted by molar-refractivity contribution is 0.304. The highest BCUT2D eigenvalue weighted by atomic mass is 31.1. The molecule has 0 aliphatic heterocycles. The highest BCUT2D eigenvalue weighted by molar-refractivity contribution is 7.36. The molecule has 2 atom stereocenters. The standard InChI is InChI=1S/C29H37FNOP.C2H6.2H2O.H2/c1-22-10-13-26(19-23(22)2)29(25-7-4-8-27(30)20-25)9-5-17-32-28-14-11-24(12-15-28)21-31-16-6-18-33-3;1-2;;;/h4,7-8,10-15,19-20,29,31,33H,5-6,9,16-18,21H2,1-3H3;1-2H3;2*1H2;1H. The molecule has 0 amide bonds. The molecule has 0 saturated carbocycles. The normalized spacial score (nSPS) is 11.2. The molecule has 0 aliphatic rings. The van der Waals surface area contributed by atoms with Gasteiger partial charge >= 0.3 is 0 Å². The van der Waals surface area contributed by atoms with E-state index in [-0.39, 0.29) is 24.1 Å². The van der Waals surface area contributed by atoms with Crippen LogP contribution in [0, 0.1) is 19.7 Å². The molecule has 208 valence electrons. The van der Waals surface area contributed by atoms with Crippen molar-refractivity contribution in [3.05, 3.63) is 100 Å². The maximum absolute atomic E-state index is 13.9. The fourth-order valence-corrected chi connectivity index (χ4v) is 4.56. The molecular formula is C31H49FNO3P. The van der Waals surface area contributed by atoms with E-state index in [1.807, 2.05) is 19.9 Å². The van der Waals surface area contributed by atoms with Crippen LogP contribution in [0.4, 0.5) is 4.39 Å². The number of nitrogens with one attached hydrogen (secondary N) is 1. The van der Waals surface area contributed by atoms with Gasteiger partial charge in [0.25, 0.3) is 0 Å². The molecule has 0 bridgehead atoms. The van der Waals surface area contributed by atoms with Crippen LogP contribution in [0.3, 0.4) is 0 Å². The van der Waals surface area contributed by atoms with Gasteiger partial charge in [0, 0.05) is 13.9 Å². The van der Waals surface area contributed by atoms with Crippen molar-refractivity contribution in [3.63, 3.8) is 0 Å². The van der Waals surface area contributed by atoms with Crippen molar-refractivity contribution < 1.29 is 21.5 Å². The average molecular weight is 534 g/mol. The number of rotatable bonds is 13. The Balaban J connectivity index is 0. The molecule has 5 N–H and O–H groups in total. The summed E-state index contributed by atoms with van der Waals surface area (Å²) in [5.74, 6) is 0.877. The molecule has 3 aromatic carbocycles. The summed E-state index contributed by atoms with van der Waals surface area (Å²) in [6, 6.07) is 21.9. The van der Waals surface area contributed by atoms with Gasteiger partial charge in [-0.2, -0.15) is 0 Å². The van der Waals surface area contributed by atoms with Crippen molar-refractivity contribution in [2.24, 2.45) is 0 Å². The summed E-state index contributed by atoms with van der Waals surface area (Å²) in [4.78, 5) is 0. The van der Waals surface area contributed by atoms with Gasteiger partial charge in [0.15, 0.2) is 0 Å². The number of halogens is 1. The second-order valence-electron chi connectivity index (χ2n) is 8.72. The summed E-state index contributed by atoms with van der Waals surface area (Å²) < 4.78 is 19.9. The predicted octanol–water partition coefficient (Wildman–Crippen LogP) is 6.84. The summed E-state index contributed by atoms with van der Waals surface area (Å²) in [5, 5.41) is 3.50. The molecule has 6 heteroatoms. The van der Waals surface area contributed by atoms with Crippen LogP contribution < -0.4 is 10.1 Å². The van der Waals surface area contributed by atoms with E-state index in [0.717, 1.165) is 45.8 Å². The van der Waals surface area contributed by atoms with Crippen molar-refractivity contribution in [3.8, 4) is 5.75 Å². The first-order valence-corrected chi connectivity index (χ1v) is 14.7. The minimum atomic E-state index is -0.183. The van der Waals surface area contributed by atoms with Crippen molar-refractivity contribution in [2.75, 3.05) is 26.0 Å². The van der Waals surface area contributed by atoms with Gasteiger partial charge in [-0.25, -0.2) is 4.39 Å². The van der Waals surface area contributed by atoms with Crippen molar-refractivity contribution in [2.45, 2.75) is 59.4 Å². The van der Waals surface area contributed by atoms with E-state index < -0.39 is 0 Å². The summed E-state index contributed by atoms with van der Waals surface area (Å²) in [6.45, 7) is 13.1. The minimum absolute atomic E-state index is 0. The smallest absolute Gasteiger partial charge is 0.123 e. The lowest BCUT2D eigenvalue weighted by Gasteiger charge is -2.19. The molecule has 37 heavy (non-hydrogen) atoms. The largest absolute Gasteiger partial charge is 0.494 e. The Bertz CT molecular complexity index is 1000. The third kappa shape index (κ3) is 12.2. The molecule has 0 saturated heterocycles. The number of hydrogen-bond donors (Lipinski definition) is 1. The second-order valence-corrected chi connectivity index (χ2v) is 9.93. The second kappa shape index (κ2) is 19.8. The van der Waals surface area contributed by atoms with E-state index in [4.69, 9.17) is 4.74 Å². The van der Waals surface area contributed by atoms with Crippen LogP contribution in [-0.2, 0) is 6.54 Å². The van der Waals surface area contributed by atoms with Gasteiger partial charge in [-0.15, -0.1) is 8.58 Å². The first kappa shape index (κ1) is 34.7. The maximum Gasteiger partial charge on any atom is 0.123 e. The Kier molecular flexibility index (Phi) is 18.5. The fraction of sp³-hybridized carbons (Fsp3) is 0.419. The lowest BCUT2D eigenvalue weighted by atomic mass is 9.86. The van der Waals surface area contributed by atoms with E-state index in [9.17, 15) is 4.39 Å². The Labute approximate surface area is 226 Å². The number of ether oxygens (including phenoxy) is 1. The Morgan fingerprint density at radius 2 is 1.59 bits per heavy atom. The first-order valence-electron chi connectivity index (χ1n) is 13.0. The molecule has 2 unspecified atom stereocenters. The van der Waals surface area contributed by atoms with Gasteiger partial charge in [-0.05, 0) is 105 Å². The van der Waals surface area contributed by atoms with Gasteiger partial charge in [-0.3, -0.25) is 0 Å². The molecule has 0 spiro atoms. The van der Waals surface area contributed by atoms with Crippen molar-refractivity contribution in [1.29, 1.82) is 0 Å². The summed E-state index contributed by atoms with van der Waals surface area (Å²) in [5.41, 5.74) is 6.09. The monoisotopic (exact) mass is 533 g/mol. The molecular weight excluding hydrogens is 484 g/mol. The van der Waals surface area contributed by atoms with Crippen LogP contribution in [0.5, 0.6) is 5.75 Å². The summed E-state index contributed by atoms with van der Waals surface area (Å²) >= 11 is 0. The summed E-state index contributed by atoms with van der Waals surface area (Å²) in [7, 11) is 1.04. The van der Waals surface area contributed by atoms with Crippen LogP contribution >= 0.6 is 8.58 Å². The Hall–Kier alpha value is -2.30. The van der Waals surface area contributed by atoms with E-state index in [1.165, 1.54) is 40.9 Å². The minimum Gasteiger partial charge on any atom is -0.494 e. The zero-order chi connectivity index (χ0) is 25.5. The molecule has 3 aromatic rings. The van der Waals surface area contributed by atoms with E-state index >= 15 is 0 Å². The predicted molar refractivity (Wildman–Crippen MR) is 161 cm³/mol. The van der Waals surface area contributed by atoms with Crippen LogP contribution in [0.15, 0.2) is 66.7 Å². The number of hydrogen-bond acceptors (Lipinski definition) is 2. The van der Waals surface area contributed by atoms with Crippen LogP contribution in [0.25, 0.3) is 0 Å². The zero-order valence-electron chi connectivity index (χ0n) is 23.2. The van der Waals surface area contributed by atoms with Gasteiger partial charge in [-0.1, -0.05) is 56.3 Å². The van der Waals surface area contributed by atoms with E-state index in [0.29, 0.717) is 6.61 Å². The number of aryl methyl sites for hydroxylation is 2. The van der Waals surface area contributed by atoms with Gasteiger partial charge < -0.3 is 21.0 Å². The molecule has 4 nitrogen and oxygen atoms in total. The zero-order valence-corrected chi connectivity index (χ0v) is 24.2. The first-order chi connectivity index (χ1) is 17.1. The molecule has 0 fully saturated rings. The van der Waals surface area contributed by atoms with Crippen molar-refractivity contribution in [1.82, 2.24) is 5.32 Å². The third-order valence-corrected chi connectivity index (χ3v) is 6.98. The van der Waals surface area contributed by atoms with E-state index in [1.54, 1.807) is 12.1 Å². The lowest BCUT2D eigenvalue weighted by Crippen LogP contribution is -2.15. The quantitative estimate of drug-likeness (QED) is 0.193. The Morgan fingerprint density at radius 3 is 2.24 bits per heavy atom. The number of benzene rings is 3. The fourth-order valence-electron chi connectivity index (χ4n) is 4.03. The molecule has 0 radical (unpaired) electrons.